The molecule has 132 valence electrons. The smallest absolute Gasteiger partial charge is 0.232 e. The molecule has 0 unspecified atom stereocenters. The molecule has 0 fully saturated rings. The number of pyridine rings is 1. The van der Waals surface area contributed by atoms with Crippen molar-refractivity contribution in [3.05, 3.63) is 29.0 Å². The Kier molecular flexibility index (Phi) is 5.71. The highest BCUT2D eigenvalue weighted by molar-refractivity contribution is 5.79. The Bertz CT molecular complexity index is 800. The minimum atomic E-state index is 0.330. The molecule has 0 aliphatic heterocycles. The first-order chi connectivity index (χ1) is 12.0. The minimum absolute atomic E-state index is 0.330. The number of benzene rings is 1. The first kappa shape index (κ1) is 18.4. The highest BCUT2D eigenvalue weighted by Crippen LogP contribution is 2.43. The van der Waals surface area contributed by atoms with E-state index in [0.717, 1.165) is 22.4 Å². The number of methoxy groups -OCH3 is 3. The Hall–Kier alpha value is -2.94. The van der Waals surface area contributed by atoms with Gasteiger partial charge < -0.3 is 18.9 Å². The van der Waals surface area contributed by atoms with Crippen LogP contribution in [0.3, 0.4) is 0 Å². The molecular formula is C19H22N2O4. The van der Waals surface area contributed by atoms with Crippen LogP contribution in [0.4, 0.5) is 0 Å². The van der Waals surface area contributed by atoms with Gasteiger partial charge in [0, 0.05) is 11.3 Å². The standard InChI is InChI=1S/C19H22N2O4/c1-7-25-19-14(10-20)17(11(2)12(3)21-19)13-8-15(22-4)18(24-6)16(9-13)23-5/h8-9H,7H2,1-6H3. The summed E-state index contributed by atoms with van der Waals surface area (Å²) in [5, 5.41) is 9.70. The summed E-state index contributed by atoms with van der Waals surface area (Å²) in [6.07, 6.45) is 0. The SMILES string of the molecule is CCOc1nc(C)c(C)c(-c2cc(OC)c(OC)c(OC)c2)c1C#N. The summed E-state index contributed by atoms with van der Waals surface area (Å²) >= 11 is 0. The van der Waals surface area contributed by atoms with Crippen molar-refractivity contribution in [2.24, 2.45) is 0 Å². The van der Waals surface area contributed by atoms with Crippen LogP contribution >= 0.6 is 0 Å². The molecular weight excluding hydrogens is 320 g/mol. The Morgan fingerprint density at radius 3 is 2.08 bits per heavy atom. The van der Waals surface area contributed by atoms with Crippen LogP contribution in [0.15, 0.2) is 12.1 Å². The largest absolute Gasteiger partial charge is 0.493 e. The van der Waals surface area contributed by atoms with E-state index in [1.807, 2.05) is 32.9 Å². The van der Waals surface area contributed by atoms with Gasteiger partial charge in [-0.2, -0.15) is 5.26 Å². The molecule has 0 bridgehead atoms. The third kappa shape index (κ3) is 3.31. The van der Waals surface area contributed by atoms with Gasteiger partial charge in [0.1, 0.15) is 11.6 Å². The normalized spacial score (nSPS) is 10.1. The summed E-state index contributed by atoms with van der Waals surface area (Å²) in [5.74, 6) is 1.87. The monoisotopic (exact) mass is 342 g/mol. The molecule has 0 aliphatic carbocycles. The Morgan fingerprint density at radius 1 is 1.04 bits per heavy atom. The molecule has 0 spiro atoms. The molecule has 6 heteroatoms. The zero-order valence-corrected chi connectivity index (χ0v) is 15.4. The number of aromatic nitrogens is 1. The molecule has 0 N–H and O–H groups in total. The molecule has 1 heterocycles. The van der Waals surface area contributed by atoms with Gasteiger partial charge in [-0.1, -0.05) is 0 Å². The average Bonchev–Trinajstić information content (AvgIpc) is 2.63. The van der Waals surface area contributed by atoms with Crippen LogP contribution in [0.5, 0.6) is 23.1 Å². The van der Waals surface area contributed by atoms with E-state index < -0.39 is 0 Å². The first-order valence-corrected chi connectivity index (χ1v) is 7.86. The number of hydrogen-bond acceptors (Lipinski definition) is 6. The Morgan fingerprint density at radius 2 is 1.64 bits per heavy atom. The van der Waals surface area contributed by atoms with Crippen LogP contribution in [0.25, 0.3) is 11.1 Å². The van der Waals surface area contributed by atoms with Gasteiger partial charge >= 0.3 is 0 Å². The van der Waals surface area contributed by atoms with E-state index in [1.54, 1.807) is 21.3 Å². The molecule has 1 aromatic heterocycles. The average molecular weight is 342 g/mol. The fourth-order valence-electron chi connectivity index (χ4n) is 2.70. The van der Waals surface area contributed by atoms with Crippen molar-refractivity contribution in [1.29, 1.82) is 5.26 Å². The zero-order valence-electron chi connectivity index (χ0n) is 15.4. The summed E-state index contributed by atoms with van der Waals surface area (Å²) in [7, 11) is 4.67. The molecule has 1 aromatic carbocycles. The number of nitrogens with zero attached hydrogens (tertiary/aromatic N) is 2. The lowest BCUT2D eigenvalue weighted by Crippen LogP contribution is -2.04. The number of rotatable bonds is 6. The summed E-state index contributed by atoms with van der Waals surface area (Å²) in [6, 6.07) is 5.86. The maximum absolute atomic E-state index is 9.70. The van der Waals surface area contributed by atoms with Crippen LogP contribution in [0, 0.1) is 25.2 Å². The zero-order chi connectivity index (χ0) is 18.6. The second-order valence-corrected chi connectivity index (χ2v) is 5.34. The maximum Gasteiger partial charge on any atom is 0.232 e. The minimum Gasteiger partial charge on any atom is -0.493 e. The number of hydrogen-bond donors (Lipinski definition) is 0. The van der Waals surface area contributed by atoms with Gasteiger partial charge in [-0.3, -0.25) is 0 Å². The Labute approximate surface area is 147 Å². The molecule has 0 amide bonds. The molecule has 0 saturated heterocycles. The number of aryl methyl sites for hydroxylation is 1. The van der Waals surface area contributed by atoms with Gasteiger partial charge in [0.25, 0.3) is 0 Å². The fraction of sp³-hybridized carbons (Fsp3) is 0.368. The van der Waals surface area contributed by atoms with Crippen LogP contribution in [-0.2, 0) is 0 Å². The summed E-state index contributed by atoms with van der Waals surface area (Å²) in [5.41, 5.74) is 3.60. The van der Waals surface area contributed by atoms with Crippen molar-refractivity contribution in [2.75, 3.05) is 27.9 Å². The van der Waals surface area contributed by atoms with E-state index in [9.17, 15) is 5.26 Å². The summed E-state index contributed by atoms with van der Waals surface area (Å²) in [6.45, 7) is 6.11. The highest BCUT2D eigenvalue weighted by Gasteiger charge is 2.21. The highest BCUT2D eigenvalue weighted by atomic mass is 16.5. The van der Waals surface area contributed by atoms with Gasteiger partial charge in [-0.05, 0) is 44.0 Å². The molecule has 2 rings (SSSR count). The van der Waals surface area contributed by atoms with Crippen molar-refractivity contribution in [1.82, 2.24) is 4.98 Å². The van der Waals surface area contributed by atoms with Crippen molar-refractivity contribution in [3.8, 4) is 40.3 Å². The topological polar surface area (TPSA) is 73.6 Å². The van der Waals surface area contributed by atoms with Crippen LogP contribution in [-0.4, -0.2) is 32.9 Å². The molecule has 0 aliphatic rings. The third-order valence-corrected chi connectivity index (χ3v) is 4.00. The van der Waals surface area contributed by atoms with Crippen molar-refractivity contribution < 1.29 is 18.9 Å². The first-order valence-electron chi connectivity index (χ1n) is 7.86. The molecule has 6 nitrogen and oxygen atoms in total. The van der Waals surface area contributed by atoms with E-state index in [-0.39, 0.29) is 0 Å². The van der Waals surface area contributed by atoms with Crippen LogP contribution < -0.4 is 18.9 Å². The van der Waals surface area contributed by atoms with Gasteiger partial charge in [-0.25, -0.2) is 4.98 Å². The van der Waals surface area contributed by atoms with Gasteiger partial charge in [0.15, 0.2) is 11.5 Å². The van der Waals surface area contributed by atoms with Crippen molar-refractivity contribution in [2.45, 2.75) is 20.8 Å². The van der Waals surface area contributed by atoms with E-state index in [0.29, 0.717) is 35.3 Å². The predicted molar refractivity (Wildman–Crippen MR) is 94.7 cm³/mol. The van der Waals surface area contributed by atoms with E-state index in [4.69, 9.17) is 18.9 Å². The van der Waals surface area contributed by atoms with E-state index in [1.165, 1.54) is 0 Å². The molecule has 0 saturated carbocycles. The van der Waals surface area contributed by atoms with E-state index in [2.05, 4.69) is 11.1 Å². The summed E-state index contributed by atoms with van der Waals surface area (Å²) in [4.78, 5) is 4.41. The van der Waals surface area contributed by atoms with Gasteiger partial charge in [0.2, 0.25) is 11.6 Å². The molecule has 0 radical (unpaired) electrons. The fourth-order valence-corrected chi connectivity index (χ4v) is 2.70. The molecule has 25 heavy (non-hydrogen) atoms. The lowest BCUT2D eigenvalue weighted by Gasteiger charge is -2.18. The second-order valence-electron chi connectivity index (χ2n) is 5.34. The molecule has 0 atom stereocenters. The number of ether oxygens (including phenoxy) is 4. The van der Waals surface area contributed by atoms with Gasteiger partial charge in [0.05, 0.1) is 27.9 Å². The third-order valence-electron chi connectivity index (χ3n) is 4.00. The van der Waals surface area contributed by atoms with Gasteiger partial charge in [-0.15, -0.1) is 0 Å². The van der Waals surface area contributed by atoms with Crippen LogP contribution in [0.2, 0.25) is 0 Å². The van der Waals surface area contributed by atoms with Crippen molar-refractivity contribution >= 4 is 0 Å². The lowest BCUT2D eigenvalue weighted by molar-refractivity contribution is 0.324. The molecule has 2 aromatic rings. The van der Waals surface area contributed by atoms with Crippen LogP contribution in [0.1, 0.15) is 23.7 Å². The predicted octanol–water partition coefficient (Wildman–Crippen LogP) is 3.66. The van der Waals surface area contributed by atoms with Crippen molar-refractivity contribution in [3.63, 3.8) is 0 Å². The Balaban J connectivity index is 2.84. The van der Waals surface area contributed by atoms with E-state index >= 15 is 0 Å². The lowest BCUT2D eigenvalue weighted by atomic mass is 9.95. The number of nitriles is 1. The second kappa shape index (κ2) is 7.75. The quantitative estimate of drug-likeness (QED) is 0.797. The maximum atomic E-state index is 9.70. The summed E-state index contributed by atoms with van der Waals surface area (Å²) < 4.78 is 21.8.